The molecule has 1 aromatic rings. The molecule has 3 rings (SSSR count). The number of nitrogens with zero attached hydrogens (tertiary/aromatic N) is 1. The fourth-order valence-electron chi connectivity index (χ4n) is 3.31. The molecule has 0 radical (unpaired) electrons. The smallest absolute Gasteiger partial charge is 0.251 e. The molecule has 1 amide bonds. The zero-order valence-corrected chi connectivity index (χ0v) is 12.7. The van der Waals surface area contributed by atoms with E-state index in [4.69, 9.17) is 4.74 Å². The molecule has 0 unspecified atom stereocenters. The Hall–Kier alpha value is -1.46. The van der Waals surface area contributed by atoms with E-state index in [2.05, 4.69) is 10.2 Å². The minimum absolute atomic E-state index is 0.187. The van der Waals surface area contributed by atoms with Crippen molar-refractivity contribution in [2.45, 2.75) is 37.5 Å². The highest BCUT2D eigenvalue weighted by molar-refractivity contribution is 5.94. The Labute approximate surface area is 130 Å². The highest BCUT2D eigenvalue weighted by Crippen LogP contribution is 2.22. The van der Waals surface area contributed by atoms with E-state index in [0.29, 0.717) is 24.6 Å². The summed E-state index contributed by atoms with van der Waals surface area (Å²) >= 11 is 0. The third-order valence-corrected chi connectivity index (χ3v) is 4.63. The van der Waals surface area contributed by atoms with E-state index in [1.807, 2.05) is 18.2 Å². The van der Waals surface area contributed by atoms with Crippen LogP contribution in [0.15, 0.2) is 30.3 Å². The molecule has 2 aliphatic heterocycles. The topological polar surface area (TPSA) is 41.6 Å². The maximum atomic E-state index is 14.4. The van der Waals surface area contributed by atoms with Crippen molar-refractivity contribution in [3.8, 4) is 0 Å². The average Bonchev–Trinajstić information content (AvgIpc) is 2.58. The molecule has 0 spiro atoms. The molecule has 0 aliphatic carbocycles. The van der Waals surface area contributed by atoms with Crippen LogP contribution in [-0.4, -0.2) is 55.4 Å². The first-order valence-electron chi connectivity index (χ1n) is 8.06. The number of benzene rings is 1. The molecule has 0 bridgehead atoms. The summed E-state index contributed by atoms with van der Waals surface area (Å²) in [6, 6.07) is 9.03. The molecule has 2 aliphatic rings. The predicted octanol–water partition coefficient (Wildman–Crippen LogP) is 2.01. The Morgan fingerprint density at radius 3 is 2.59 bits per heavy atom. The van der Waals surface area contributed by atoms with Crippen molar-refractivity contribution >= 4 is 5.91 Å². The van der Waals surface area contributed by atoms with E-state index in [1.54, 1.807) is 12.1 Å². The Morgan fingerprint density at radius 1 is 1.18 bits per heavy atom. The van der Waals surface area contributed by atoms with E-state index in [1.165, 1.54) is 0 Å². The summed E-state index contributed by atoms with van der Waals surface area (Å²) in [5, 5.41) is 2.84. The third kappa shape index (κ3) is 3.65. The summed E-state index contributed by atoms with van der Waals surface area (Å²) in [4.78, 5) is 14.4. The van der Waals surface area contributed by atoms with Gasteiger partial charge in [-0.1, -0.05) is 18.2 Å². The number of amides is 1. The minimum Gasteiger partial charge on any atom is -0.381 e. The monoisotopic (exact) mass is 306 g/mol. The lowest BCUT2D eigenvalue weighted by Gasteiger charge is -2.40. The predicted molar refractivity (Wildman–Crippen MR) is 82.6 cm³/mol. The summed E-state index contributed by atoms with van der Waals surface area (Å²) in [5.74, 6) is -0.187. The lowest BCUT2D eigenvalue weighted by Crippen LogP contribution is -2.55. The number of ether oxygens (including phenoxy) is 1. The second-order valence-corrected chi connectivity index (χ2v) is 6.09. The number of halogens is 1. The highest BCUT2D eigenvalue weighted by Gasteiger charge is 2.34. The zero-order valence-electron chi connectivity index (χ0n) is 12.7. The summed E-state index contributed by atoms with van der Waals surface area (Å²) in [7, 11) is 0. The molecule has 5 heteroatoms. The van der Waals surface area contributed by atoms with Crippen LogP contribution in [0.3, 0.4) is 0 Å². The Balaban J connectivity index is 1.53. The first kappa shape index (κ1) is 15.4. The van der Waals surface area contributed by atoms with Crippen LogP contribution in [0.4, 0.5) is 4.39 Å². The van der Waals surface area contributed by atoms with Crippen molar-refractivity contribution < 1.29 is 13.9 Å². The molecule has 2 heterocycles. The number of likely N-dealkylation sites (tertiary alicyclic amines) is 1. The number of hydrogen-bond acceptors (Lipinski definition) is 3. The van der Waals surface area contributed by atoms with Crippen LogP contribution in [0.5, 0.6) is 0 Å². The fourth-order valence-corrected chi connectivity index (χ4v) is 3.31. The van der Waals surface area contributed by atoms with Crippen LogP contribution < -0.4 is 5.32 Å². The lowest BCUT2D eigenvalue weighted by molar-refractivity contribution is 0.00514. The second kappa shape index (κ2) is 7.20. The molecular weight excluding hydrogens is 283 g/mol. The molecule has 2 fully saturated rings. The maximum Gasteiger partial charge on any atom is 0.251 e. The molecule has 4 nitrogen and oxygen atoms in total. The van der Waals surface area contributed by atoms with Crippen LogP contribution in [0, 0.1) is 0 Å². The second-order valence-electron chi connectivity index (χ2n) is 6.09. The molecular formula is C17H23FN2O2. The summed E-state index contributed by atoms with van der Waals surface area (Å²) < 4.78 is 19.8. The van der Waals surface area contributed by atoms with Crippen LogP contribution in [0.2, 0.25) is 0 Å². The van der Waals surface area contributed by atoms with E-state index < -0.39 is 6.17 Å². The Bertz CT molecular complexity index is 491. The van der Waals surface area contributed by atoms with Crippen molar-refractivity contribution in [3.63, 3.8) is 0 Å². The van der Waals surface area contributed by atoms with Gasteiger partial charge in [0, 0.05) is 37.9 Å². The van der Waals surface area contributed by atoms with Crippen molar-refractivity contribution in [2.24, 2.45) is 0 Å². The summed E-state index contributed by atoms with van der Waals surface area (Å²) in [5.41, 5.74) is 0.585. The van der Waals surface area contributed by atoms with Gasteiger partial charge in [0.2, 0.25) is 0 Å². The van der Waals surface area contributed by atoms with E-state index >= 15 is 0 Å². The standard InChI is InChI=1S/C17H23FN2O2/c18-15-12-20(14-7-10-22-11-8-14)9-6-16(15)19-17(21)13-4-2-1-3-5-13/h1-5,14-16H,6-12H2,(H,19,21)/t15-,16+/m0/s1. The van der Waals surface area contributed by atoms with Gasteiger partial charge in [-0.15, -0.1) is 0 Å². The van der Waals surface area contributed by atoms with Gasteiger partial charge in [-0.05, 0) is 31.4 Å². The number of alkyl halides is 1. The van der Waals surface area contributed by atoms with Gasteiger partial charge in [0.15, 0.2) is 0 Å². The van der Waals surface area contributed by atoms with Crippen molar-refractivity contribution in [2.75, 3.05) is 26.3 Å². The van der Waals surface area contributed by atoms with Crippen LogP contribution in [0.1, 0.15) is 29.6 Å². The lowest BCUT2D eigenvalue weighted by atomic mass is 9.98. The Kier molecular flexibility index (Phi) is 5.05. The van der Waals surface area contributed by atoms with Gasteiger partial charge in [0.05, 0.1) is 6.04 Å². The maximum absolute atomic E-state index is 14.4. The van der Waals surface area contributed by atoms with Gasteiger partial charge < -0.3 is 10.1 Å². The van der Waals surface area contributed by atoms with Gasteiger partial charge in [-0.25, -0.2) is 4.39 Å². The molecule has 1 aromatic carbocycles. The van der Waals surface area contributed by atoms with Crippen LogP contribution in [0.25, 0.3) is 0 Å². The number of piperidine rings is 1. The van der Waals surface area contributed by atoms with Gasteiger partial charge >= 0.3 is 0 Å². The molecule has 22 heavy (non-hydrogen) atoms. The minimum atomic E-state index is -1.01. The summed E-state index contributed by atoms with van der Waals surface area (Å²) in [6.07, 6.45) is 1.61. The third-order valence-electron chi connectivity index (χ3n) is 4.63. The molecule has 0 aromatic heterocycles. The first-order chi connectivity index (χ1) is 10.7. The molecule has 2 saturated heterocycles. The van der Waals surface area contributed by atoms with Crippen LogP contribution in [-0.2, 0) is 4.74 Å². The molecule has 2 atom stereocenters. The van der Waals surface area contributed by atoms with Gasteiger partial charge in [0.25, 0.3) is 5.91 Å². The van der Waals surface area contributed by atoms with E-state index in [-0.39, 0.29) is 11.9 Å². The fraction of sp³-hybridized carbons (Fsp3) is 0.588. The van der Waals surface area contributed by atoms with Crippen LogP contribution >= 0.6 is 0 Å². The molecule has 120 valence electrons. The molecule has 1 N–H and O–H groups in total. The number of carbonyl (C=O) groups excluding carboxylic acids is 1. The van der Waals surface area contributed by atoms with Gasteiger partial charge in [-0.3, -0.25) is 9.69 Å². The van der Waals surface area contributed by atoms with Crippen molar-refractivity contribution in [3.05, 3.63) is 35.9 Å². The van der Waals surface area contributed by atoms with Gasteiger partial charge in [-0.2, -0.15) is 0 Å². The van der Waals surface area contributed by atoms with E-state index in [9.17, 15) is 9.18 Å². The molecule has 0 saturated carbocycles. The van der Waals surface area contributed by atoms with Crippen molar-refractivity contribution in [1.82, 2.24) is 10.2 Å². The van der Waals surface area contributed by atoms with Gasteiger partial charge in [0.1, 0.15) is 6.17 Å². The highest BCUT2D eigenvalue weighted by atomic mass is 19.1. The quantitative estimate of drug-likeness (QED) is 0.929. The van der Waals surface area contributed by atoms with E-state index in [0.717, 1.165) is 32.6 Å². The average molecular weight is 306 g/mol. The number of rotatable bonds is 3. The SMILES string of the molecule is O=C(N[C@@H]1CCN(C2CCOCC2)C[C@@H]1F)c1ccccc1. The normalized spacial score (nSPS) is 27.5. The Morgan fingerprint density at radius 2 is 1.91 bits per heavy atom. The summed E-state index contributed by atoms with van der Waals surface area (Å²) in [6.45, 7) is 2.79. The first-order valence-corrected chi connectivity index (χ1v) is 8.06. The van der Waals surface area contributed by atoms with Crippen molar-refractivity contribution in [1.29, 1.82) is 0 Å². The zero-order chi connectivity index (χ0) is 15.4. The number of nitrogens with one attached hydrogen (secondary N) is 1. The number of hydrogen-bond donors (Lipinski definition) is 1. The number of carbonyl (C=O) groups is 1. The largest absolute Gasteiger partial charge is 0.381 e.